The average Bonchev–Trinajstić information content (AvgIpc) is 2.70. The molecule has 0 aromatic carbocycles. The number of carboxylic acid groups (broad SMARTS) is 1. The SMILES string of the molecule is Nc1ncnc2c1[nH]c[n+]2CCC(=O)O.O=[N+]([O-])[O-]. The highest BCUT2D eigenvalue weighted by Crippen LogP contribution is 2.08. The summed E-state index contributed by atoms with van der Waals surface area (Å²) < 4.78 is 1.70. The van der Waals surface area contributed by atoms with Crippen molar-refractivity contribution in [2.24, 2.45) is 0 Å². The molecule has 2 heterocycles. The molecule has 11 nitrogen and oxygen atoms in total. The first-order chi connectivity index (χ1) is 8.91. The lowest BCUT2D eigenvalue weighted by molar-refractivity contribution is -0.672. The predicted octanol–water partition coefficient (Wildman–Crippen LogP) is -0.937. The summed E-state index contributed by atoms with van der Waals surface area (Å²) in [6.45, 7) is 0.353. The zero-order valence-corrected chi connectivity index (χ0v) is 9.52. The number of anilines is 1. The fourth-order valence-electron chi connectivity index (χ4n) is 1.34. The monoisotopic (exact) mass is 270 g/mol. The van der Waals surface area contributed by atoms with Crippen LogP contribution in [0, 0.1) is 15.3 Å². The zero-order chi connectivity index (χ0) is 14.4. The third-order valence-electron chi connectivity index (χ3n) is 2.06. The number of nitrogens with two attached hydrogens (primary N) is 1. The van der Waals surface area contributed by atoms with Gasteiger partial charge in [-0.25, -0.2) is 4.57 Å². The fraction of sp³-hybridized carbons (Fsp3) is 0.250. The molecule has 0 unspecified atom stereocenters. The first-order valence-electron chi connectivity index (χ1n) is 4.92. The molecule has 0 bridgehead atoms. The third-order valence-corrected chi connectivity index (χ3v) is 2.06. The summed E-state index contributed by atoms with van der Waals surface area (Å²) in [5.41, 5.74) is 6.86. The van der Waals surface area contributed by atoms with E-state index in [1.165, 1.54) is 6.33 Å². The van der Waals surface area contributed by atoms with Gasteiger partial charge >= 0.3 is 11.6 Å². The van der Waals surface area contributed by atoms with Crippen LogP contribution in [0.4, 0.5) is 5.82 Å². The number of aromatic nitrogens is 4. The number of nitrogen functional groups attached to an aromatic ring is 1. The maximum absolute atomic E-state index is 10.4. The van der Waals surface area contributed by atoms with Gasteiger partial charge in [0.05, 0.1) is 18.1 Å². The minimum absolute atomic E-state index is 0.0432. The summed E-state index contributed by atoms with van der Waals surface area (Å²) in [4.78, 5) is 29.4. The Morgan fingerprint density at radius 1 is 1.53 bits per heavy atom. The quantitative estimate of drug-likeness (QED) is 0.363. The molecule has 2 aromatic heterocycles. The lowest BCUT2D eigenvalue weighted by Gasteiger charge is -1.93. The van der Waals surface area contributed by atoms with Gasteiger partial charge in [0.2, 0.25) is 5.52 Å². The number of hydrogen-bond acceptors (Lipinski definition) is 7. The minimum Gasteiger partial charge on any atom is -0.481 e. The number of aliphatic carboxylic acids is 1. The molecule has 19 heavy (non-hydrogen) atoms. The number of aromatic amines is 1. The minimum atomic E-state index is -1.75. The van der Waals surface area contributed by atoms with E-state index < -0.39 is 11.1 Å². The van der Waals surface area contributed by atoms with Gasteiger partial charge in [-0.1, -0.05) is 4.98 Å². The van der Waals surface area contributed by atoms with E-state index >= 15 is 0 Å². The van der Waals surface area contributed by atoms with Crippen molar-refractivity contribution >= 4 is 23.0 Å². The number of hydrogen-bond donors (Lipinski definition) is 3. The van der Waals surface area contributed by atoms with Crippen LogP contribution < -0.4 is 10.3 Å². The van der Waals surface area contributed by atoms with Crippen LogP contribution in [-0.4, -0.2) is 31.1 Å². The molecule has 11 heteroatoms. The number of carbonyl (C=O) groups is 1. The molecule has 0 atom stereocenters. The molecule has 0 spiro atoms. The van der Waals surface area contributed by atoms with Crippen molar-refractivity contribution in [2.75, 3.05) is 5.73 Å². The maximum atomic E-state index is 10.4. The second-order valence-electron chi connectivity index (χ2n) is 3.29. The molecule has 0 aliphatic heterocycles. The zero-order valence-electron chi connectivity index (χ0n) is 9.52. The van der Waals surface area contributed by atoms with Crippen molar-refractivity contribution in [3.8, 4) is 0 Å². The molecule has 0 radical (unpaired) electrons. The number of imidazole rings is 1. The Kier molecular flexibility index (Phi) is 4.51. The second-order valence-corrected chi connectivity index (χ2v) is 3.29. The Labute approximate surface area is 105 Å². The van der Waals surface area contributed by atoms with Gasteiger partial charge in [0.15, 0.2) is 18.5 Å². The molecule has 102 valence electrons. The molecule has 0 fully saturated rings. The predicted molar refractivity (Wildman–Crippen MR) is 61.1 cm³/mol. The van der Waals surface area contributed by atoms with Crippen molar-refractivity contribution in [2.45, 2.75) is 13.0 Å². The van der Waals surface area contributed by atoms with Crippen LogP contribution in [0.5, 0.6) is 0 Å². The number of fused-ring (bicyclic) bond motifs is 1. The van der Waals surface area contributed by atoms with Gasteiger partial charge in [0.1, 0.15) is 0 Å². The van der Waals surface area contributed by atoms with Crippen LogP contribution in [0.25, 0.3) is 11.2 Å². The number of H-pyrrole nitrogens is 1. The Bertz CT molecular complexity index is 592. The normalized spacial score (nSPS) is 9.68. The van der Waals surface area contributed by atoms with Crippen LogP contribution >= 0.6 is 0 Å². The Hall–Kier alpha value is -2.98. The van der Waals surface area contributed by atoms with Crippen LogP contribution in [0.2, 0.25) is 0 Å². The highest BCUT2D eigenvalue weighted by Gasteiger charge is 2.14. The Morgan fingerprint density at radius 2 is 2.16 bits per heavy atom. The second kappa shape index (κ2) is 6.09. The molecular formula is C8H10N6O5. The molecule has 0 aliphatic carbocycles. The van der Waals surface area contributed by atoms with Crippen molar-refractivity contribution < 1.29 is 19.6 Å². The molecule has 4 N–H and O–H groups in total. The van der Waals surface area contributed by atoms with Crippen LogP contribution in [0.3, 0.4) is 0 Å². The van der Waals surface area contributed by atoms with E-state index in [9.17, 15) is 4.79 Å². The molecule has 2 aromatic rings. The van der Waals surface area contributed by atoms with E-state index in [1.54, 1.807) is 10.9 Å². The highest BCUT2D eigenvalue weighted by molar-refractivity contribution is 5.77. The molecule has 0 aliphatic rings. The van der Waals surface area contributed by atoms with E-state index in [0.717, 1.165) is 0 Å². The van der Waals surface area contributed by atoms with Crippen LogP contribution in [-0.2, 0) is 11.3 Å². The number of carboxylic acids is 1. The molecule has 0 saturated carbocycles. The smallest absolute Gasteiger partial charge is 0.307 e. The van der Waals surface area contributed by atoms with E-state index in [-0.39, 0.29) is 6.42 Å². The van der Waals surface area contributed by atoms with Gasteiger partial charge in [0, 0.05) is 0 Å². The van der Waals surface area contributed by atoms with E-state index in [0.29, 0.717) is 23.5 Å². The number of nitrogens with zero attached hydrogens (tertiary/aromatic N) is 4. The van der Waals surface area contributed by atoms with Crippen molar-refractivity contribution in [3.63, 3.8) is 0 Å². The topological polar surface area (TPSA) is 175 Å². The highest BCUT2D eigenvalue weighted by atomic mass is 16.9. The summed E-state index contributed by atoms with van der Waals surface area (Å²) in [5.74, 6) is -0.493. The Morgan fingerprint density at radius 3 is 2.74 bits per heavy atom. The van der Waals surface area contributed by atoms with Crippen LogP contribution in [0.15, 0.2) is 12.7 Å². The van der Waals surface area contributed by atoms with Gasteiger partial charge in [-0.05, 0) is 0 Å². The van der Waals surface area contributed by atoms with Gasteiger partial charge in [0.25, 0.3) is 0 Å². The number of aryl methyl sites for hydroxylation is 1. The first-order valence-corrected chi connectivity index (χ1v) is 4.92. The van der Waals surface area contributed by atoms with Crippen molar-refractivity contribution in [1.29, 1.82) is 0 Å². The molecule has 0 amide bonds. The summed E-state index contributed by atoms with van der Waals surface area (Å²) in [5, 5.41) is 23.3. The van der Waals surface area contributed by atoms with Gasteiger partial charge in [-0.15, -0.1) is 0 Å². The summed E-state index contributed by atoms with van der Waals surface area (Å²) in [7, 11) is 0. The standard InChI is InChI=1S/C8H9N5O2.NO3/c9-7-6-8(11-3-10-7)13(4-12-6)2-1-5(14)15;2-1(3)4/h3-4H,1-2H2,(H3,9,10,11,14,15);/q;-1/p+1. The third kappa shape index (κ3) is 4.07. The average molecular weight is 270 g/mol. The lowest BCUT2D eigenvalue weighted by atomic mass is 10.4. The number of nitrogens with one attached hydrogen (secondary N) is 1. The molecule has 0 saturated heterocycles. The van der Waals surface area contributed by atoms with E-state index in [1.807, 2.05) is 0 Å². The van der Waals surface area contributed by atoms with Crippen LogP contribution in [0.1, 0.15) is 6.42 Å². The van der Waals surface area contributed by atoms with Gasteiger partial charge < -0.3 is 26.2 Å². The molecular weight excluding hydrogens is 260 g/mol. The molecule has 2 rings (SSSR count). The van der Waals surface area contributed by atoms with Crippen molar-refractivity contribution in [3.05, 3.63) is 28.0 Å². The summed E-state index contributed by atoms with van der Waals surface area (Å²) in [6.07, 6.45) is 3.03. The van der Waals surface area contributed by atoms with Gasteiger partial charge in [-0.2, -0.15) is 4.98 Å². The Balaban J connectivity index is 0.000000399. The van der Waals surface area contributed by atoms with Gasteiger partial charge in [-0.3, -0.25) is 9.78 Å². The maximum Gasteiger partial charge on any atom is 0.307 e. The van der Waals surface area contributed by atoms with E-state index in [2.05, 4.69) is 15.0 Å². The summed E-state index contributed by atoms with van der Waals surface area (Å²) in [6, 6.07) is 0. The fourth-order valence-corrected chi connectivity index (χ4v) is 1.34. The first kappa shape index (κ1) is 14.1. The lowest BCUT2D eigenvalue weighted by Crippen LogP contribution is -2.33. The summed E-state index contributed by atoms with van der Waals surface area (Å²) >= 11 is 0. The van der Waals surface area contributed by atoms with E-state index in [4.69, 9.17) is 26.2 Å². The van der Waals surface area contributed by atoms with Crippen molar-refractivity contribution in [1.82, 2.24) is 15.0 Å². The largest absolute Gasteiger partial charge is 0.481 e. The number of rotatable bonds is 3.